The average Bonchev–Trinajstić information content (AvgIpc) is 3.28. The zero-order valence-corrected chi connectivity index (χ0v) is 16.4. The fourth-order valence-corrected chi connectivity index (χ4v) is 2.70. The van der Waals surface area contributed by atoms with Crippen molar-refractivity contribution in [2.45, 2.75) is 6.92 Å². The van der Waals surface area contributed by atoms with Gasteiger partial charge in [-0.25, -0.2) is 0 Å². The van der Waals surface area contributed by atoms with Gasteiger partial charge in [0.05, 0.1) is 12.8 Å². The van der Waals surface area contributed by atoms with Crippen LogP contribution in [0.5, 0.6) is 0 Å². The van der Waals surface area contributed by atoms with Crippen molar-refractivity contribution in [2.24, 2.45) is 0 Å². The van der Waals surface area contributed by atoms with Crippen LogP contribution in [0.25, 0.3) is 0 Å². The standard InChI is InChI=1S/C22H22N4O4/c1-2-23-21(28)15-6-3-8-17(12-15)25-20(27)14-24-16-7-4-9-18(13-16)26-22(29)19-10-5-11-30-19/h3-13,24H,2,14H2,1H3,(H,23,28)(H,25,27)(H,26,29). The van der Waals surface area contributed by atoms with Gasteiger partial charge in [-0.15, -0.1) is 0 Å². The largest absolute Gasteiger partial charge is 0.459 e. The molecule has 0 unspecified atom stereocenters. The lowest BCUT2D eigenvalue weighted by Gasteiger charge is -2.10. The molecule has 0 saturated heterocycles. The summed E-state index contributed by atoms with van der Waals surface area (Å²) >= 11 is 0. The molecule has 8 nitrogen and oxygen atoms in total. The third-order valence-electron chi connectivity index (χ3n) is 4.06. The number of amides is 3. The van der Waals surface area contributed by atoms with E-state index in [4.69, 9.17) is 4.42 Å². The molecule has 0 aliphatic carbocycles. The lowest BCUT2D eigenvalue weighted by Crippen LogP contribution is -2.24. The third-order valence-corrected chi connectivity index (χ3v) is 4.06. The first-order valence-corrected chi connectivity index (χ1v) is 9.42. The number of anilines is 3. The van der Waals surface area contributed by atoms with Crippen LogP contribution < -0.4 is 21.3 Å². The monoisotopic (exact) mass is 406 g/mol. The fourth-order valence-electron chi connectivity index (χ4n) is 2.70. The second kappa shape index (κ2) is 9.92. The maximum absolute atomic E-state index is 12.3. The van der Waals surface area contributed by atoms with Gasteiger partial charge in [0.2, 0.25) is 5.91 Å². The molecule has 30 heavy (non-hydrogen) atoms. The Balaban J connectivity index is 1.54. The topological polar surface area (TPSA) is 112 Å². The van der Waals surface area contributed by atoms with Crippen LogP contribution in [-0.2, 0) is 4.79 Å². The number of carbonyl (C=O) groups excluding carboxylic acids is 3. The van der Waals surface area contributed by atoms with Gasteiger partial charge in [-0.1, -0.05) is 12.1 Å². The van der Waals surface area contributed by atoms with Gasteiger partial charge in [-0.05, 0) is 55.5 Å². The molecule has 3 rings (SSSR count). The molecule has 0 saturated carbocycles. The summed E-state index contributed by atoms with van der Waals surface area (Å²) in [6.45, 7) is 2.38. The van der Waals surface area contributed by atoms with E-state index in [1.807, 2.05) is 6.92 Å². The first-order valence-electron chi connectivity index (χ1n) is 9.42. The van der Waals surface area contributed by atoms with E-state index in [9.17, 15) is 14.4 Å². The van der Waals surface area contributed by atoms with Crippen molar-refractivity contribution in [1.29, 1.82) is 0 Å². The van der Waals surface area contributed by atoms with Crippen LogP contribution in [0.15, 0.2) is 71.3 Å². The van der Waals surface area contributed by atoms with Gasteiger partial charge in [-0.3, -0.25) is 14.4 Å². The Hall–Kier alpha value is -4.07. The Labute approximate surface area is 173 Å². The predicted octanol–water partition coefficient (Wildman–Crippen LogP) is 3.33. The fraction of sp³-hybridized carbons (Fsp3) is 0.136. The van der Waals surface area contributed by atoms with E-state index in [2.05, 4.69) is 21.3 Å². The van der Waals surface area contributed by atoms with Crippen molar-refractivity contribution < 1.29 is 18.8 Å². The van der Waals surface area contributed by atoms with Crippen LogP contribution in [0.4, 0.5) is 17.1 Å². The van der Waals surface area contributed by atoms with Crippen LogP contribution >= 0.6 is 0 Å². The van der Waals surface area contributed by atoms with Crippen molar-refractivity contribution in [3.8, 4) is 0 Å². The molecule has 0 fully saturated rings. The average molecular weight is 406 g/mol. The minimum atomic E-state index is -0.359. The predicted molar refractivity (Wildman–Crippen MR) is 115 cm³/mol. The van der Waals surface area contributed by atoms with E-state index < -0.39 is 0 Å². The van der Waals surface area contributed by atoms with E-state index in [0.717, 1.165) is 0 Å². The highest BCUT2D eigenvalue weighted by Crippen LogP contribution is 2.16. The molecule has 0 aliphatic rings. The van der Waals surface area contributed by atoms with E-state index in [1.165, 1.54) is 6.26 Å². The molecule has 2 aromatic carbocycles. The smallest absolute Gasteiger partial charge is 0.291 e. The highest BCUT2D eigenvalue weighted by molar-refractivity contribution is 6.02. The Morgan fingerprint density at radius 2 is 1.57 bits per heavy atom. The summed E-state index contributed by atoms with van der Waals surface area (Å²) in [5, 5.41) is 11.2. The second-order valence-corrected chi connectivity index (χ2v) is 6.35. The number of hydrogen-bond donors (Lipinski definition) is 4. The zero-order valence-electron chi connectivity index (χ0n) is 16.4. The number of benzene rings is 2. The van der Waals surface area contributed by atoms with E-state index in [-0.39, 0.29) is 30.0 Å². The molecule has 8 heteroatoms. The molecule has 154 valence electrons. The summed E-state index contributed by atoms with van der Waals surface area (Å²) in [6, 6.07) is 16.9. The highest BCUT2D eigenvalue weighted by Gasteiger charge is 2.10. The Kier molecular flexibility index (Phi) is 6.83. The summed E-state index contributed by atoms with van der Waals surface area (Å²) < 4.78 is 5.06. The molecule has 3 aromatic rings. The first-order chi connectivity index (χ1) is 14.5. The quantitative estimate of drug-likeness (QED) is 0.458. The number of furan rings is 1. The van der Waals surface area contributed by atoms with Crippen molar-refractivity contribution in [2.75, 3.05) is 29.0 Å². The van der Waals surface area contributed by atoms with Gasteiger partial charge >= 0.3 is 0 Å². The maximum atomic E-state index is 12.3. The summed E-state index contributed by atoms with van der Waals surface area (Å²) in [4.78, 5) is 36.2. The molecule has 0 bridgehead atoms. The van der Waals surface area contributed by atoms with Crippen LogP contribution in [-0.4, -0.2) is 30.8 Å². The molecule has 1 aromatic heterocycles. The van der Waals surface area contributed by atoms with E-state index in [1.54, 1.807) is 60.7 Å². The number of carbonyl (C=O) groups is 3. The normalized spacial score (nSPS) is 10.2. The van der Waals surface area contributed by atoms with Crippen molar-refractivity contribution >= 4 is 34.8 Å². The van der Waals surface area contributed by atoms with Crippen LogP contribution in [0.1, 0.15) is 27.8 Å². The van der Waals surface area contributed by atoms with Gasteiger partial charge in [0.1, 0.15) is 0 Å². The van der Waals surface area contributed by atoms with Gasteiger partial charge in [0.25, 0.3) is 11.8 Å². The Bertz CT molecular complexity index is 1030. The van der Waals surface area contributed by atoms with Gasteiger partial charge in [0.15, 0.2) is 5.76 Å². The van der Waals surface area contributed by atoms with Crippen molar-refractivity contribution in [3.05, 3.63) is 78.3 Å². The number of nitrogens with one attached hydrogen (secondary N) is 4. The number of hydrogen-bond acceptors (Lipinski definition) is 5. The molecule has 0 spiro atoms. The van der Waals surface area contributed by atoms with E-state index in [0.29, 0.717) is 29.2 Å². The van der Waals surface area contributed by atoms with E-state index >= 15 is 0 Å². The molecule has 0 aliphatic heterocycles. The molecule has 1 heterocycles. The first kappa shape index (κ1) is 20.7. The molecule has 0 atom stereocenters. The lowest BCUT2D eigenvalue weighted by atomic mass is 10.2. The summed E-state index contributed by atoms with van der Waals surface area (Å²) in [7, 11) is 0. The highest BCUT2D eigenvalue weighted by atomic mass is 16.3. The van der Waals surface area contributed by atoms with Gasteiger partial charge < -0.3 is 25.7 Å². The molecular weight excluding hydrogens is 384 g/mol. The third kappa shape index (κ3) is 5.71. The van der Waals surface area contributed by atoms with Crippen LogP contribution in [0.2, 0.25) is 0 Å². The van der Waals surface area contributed by atoms with Crippen molar-refractivity contribution in [3.63, 3.8) is 0 Å². The maximum Gasteiger partial charge on any atom is 0.291 e. The molecule has 0 radical (unpaired) electrons. The molecular formula is C22H22N4O4. The van der Waals surface area contributed by atoms with Crippen LogP contribution in [0.3, 0.4) is 0 Å². The minimum Gasteiger partial charge on any atom is -0.459 e. The Morgan fingerprint density at radius 3 is 2.30 bits per heavy atom. The van der Waals surface area contributed by atoms with Gasteiger partial charge in [-0.2, -0.15) is 0 Å². The van der Waals surface area contributed by atoms with Crippen LogP contribution in [0, 0.1) is 0 Å². The Morgan fingerprint density at radius 1 is 0.833 bits per heavy atom. The zero-order chi connectivity index (χ0) is 21.3. The summed E-state index contributed by atoms with van der Waals surface area (Å²) in [5.41, 5.74) is 2.24. The summed E-state index contributed by atoms with van der Waals surface area (Å²) in [5.74, 6) is -0.613. The number of rotatable bonds is 8. The minimum absolute atomic E-state index is 0.0148. The molecule has 4 N–H and O–H groups in total. The summed E-state index contributed by atoms with van der Waals surface area (Å²) in [6.07, 6.45) is 1.43. The van der Waals surface area contributed by atoms with Crippen molar-refractivity contribution in [1.82, 2.24) is 5.32 Å². The lowest BCUT2D eigenvalue weighted by molar-refractivity contribution is -0.114. The van der Waals surface area contributed by atoms with Gasteiger partial charge in [0, 0.05) is 29.2 Å². The second-order valence-electron chi connectivity index (χ2n) is 6.35. The molecule has 3 amide bonds. The SMILES string of the molecule is CCNC(=O)c1cccc(NC(=O)CNc2cccc(NC(=O)c3ccco3)c2)c1.